The van der Waals surface area contributed by atoms with Crippen LogP contribution < -0.4 is 9.47 Å². The van der Waals surface area contributed by atoms with E-state index in [9.17, 15) is 14.5 Å². The fourth-order valence-corrected chi connectivity index (χ4v) is 23.1. The molecule has 2 heterocycles. The second kappa shape index (κ2) is 20.2. The summed E-state index contributed by atoms with van der Waals surface area (Å²) in [5.41, 5.74) is 3.24. The Morgan fingerprint density at radius 1 is 0.523 bits per heavy atom. The fraction of sp³-hybridized carbons (Fsp3) is 0.0200. The van der Waals surface area contributed by atoms with Gasteiger partial charge in [0.05, 0.1) is 29.6 Å². The van der Waals surface area contributed by atoms with Gasteiger partial charge in [0, 0.05) is 36.0 Å². The van der Waals surface area contributed by atoms with Crippen molar-refractivity contribution in [3.05, 3.63) is 190 Å². The van der Waals surface area contributed by atoms with E-state index in [1.807, 2.05) is 72.8 Å². The third-order valence-electron chi connectivity index (χ3n) is 10.5. The standard InChI is InChI=1S/C50H28I6O5S4/c51-31-23-35(53)47(36(54)24-31)60-49(57)27-9-15-33(16-10-27)63-41-6-2-1-5-39(41)62-40-19-13-29(21-45(40)63)30-14-20-44-46(22-30)64(42-7-3-4-8-43(42)65(44)59)34-17-11-28(12-18-34)50(58)61-48-37(55)25-32(52)26-38(48)56/h1-26,50,58H/q+2. The molecule has 4 unspecified atom stereocenters. The van der Waals surface area contributed by atoms with Crippen LogP contribution in [0.2, 0.25) is 0 Å². The van der Waals surface area contributed by atoms with Crippen molar-refractivity contribution < 1.29 is 23.9 Å². The Labute approximate surface area is 471 Å². The van der Waals surface area contributed by atoms with Crippen molar-refractivity contribution in [2.45, 2.75) is 55.2 Å². The van der Waals surface area contributed by atoms with E-state index in [1.165, 1.54) is 19.6 Å². The van der Waals surface area contributed by atoms with Gasteiger partial charge in [0.2, 0.25) is 25.9 Å². The SMILES string of the molecule is O=C(Oc1c(I)cc(I)cc1I)c1ccc([S+]2c3ccccc3Sc3ccc(-c4ccc5c(c4)[S+](c4ccc(C(O)Oc6c(I)cc(I)cc6I)cc4)c4ccccc4[S+]5[O-])cc32)cc1. The maximum Gasteiger partial charge on any atom is 0.343 e. The summed E-state index contributed by atoms with van der Waals surface area (Å²) in [7, 11) is -1.05. The highest BCUT2D eigenvalue weighted by Crippen LogP contribution is 2.51. The first-order valence-electron chi connectivity index (χ1n) is 19.5. The molecule has 8 aromatic rings. The van der Waals surface area contributed by atoms with Crippen LogP contribution in [0.4, 0.5) is 0 Å². The van der Waals surface area contributed by atoms with Crippen LogP contribution >= 0.6 is 147 Å². The maximum atomic E-state index is 14.3. The summed E-state index contributed by atoms with van der Waals surface area (Å²) in [6, 6.07) is 53.6. The number of fused-ring (bicyclic) bond motifs is 4. The van der Waals surface area contributed by atoms with Gasteiger partial charge < -0.3 is 19.1 Å². The molecule has 0 aliphatic carbocycles. The van der Waals surface area contributed by atoms with Crippen molar-refractivity contribution in [1.82, 2.24) is 0 Å². The summed E-state index contributed by atoms with van der Waals surface area (Å²) in [6.07, 6.45) is -1.15. The number of aliphatic hydroxyl groups excluding tert-OH is 1. The van der Waals surface area contributed by atoms with Crippen LogP contribution in [0.15, 0.2) is 207 Å². The molecule has 0 amide bonds. The van der Waals surface area contributed by atoms with E-state index < -0.39 is 39.3 Å². The topological polar surface area (TPSA) is 78.8 Å². The van der Waals surface area contributed by atoms with Gasteiger partial charge in [0.15, 0.2) is 25.3 Å². The lowest BCUT2D eigenvalue weighted by Crippen LogP contribution is -2.20. The Hall–Kier alpha value is -1.27. The quantitative estimate of drug-likeness (QED) is 0.0537. The number of rotatable bonds is 8. The predicted molar refractivity (Wildman–Crippen MR) is 311 cm³/mol. The summed E-state index contributed by atoms with van der Waals surface area (Å²) in [5.74, 6) is 0.846. The number of carbonyl (C=O) groups excluding carboxylic acids is 1. The first kappa shape index (κ1) is 47.4. The summed E-state index contributed by atoms with van der Waals surface area (Å²) in [5, 5.41) is 11.3. The van der Waals surface area contributed by atoms with Crippen molar-refractivity contribution in [1.29, 1.82) is 0 Å². The molecule has 15 heteroatoms. The molecule has 2 aliphatic heterocycles. The number of halogens is 6. The van der Waals surface area contributed by atoms with Crippen LogP contribution in [0.25, 0.3) is 11.1 Å². The van der Waals surface area contributed by atoms with E-state index in [0.717, 1.165) is 61.9 Å². The van der Waals surface area contributed by atoms with Gasteiger partial charge >= 0.3 is 5.97 Å². The number of hydrogen-bond acceptors (Lipinski definition) is 6. The number of benzene rings is 8. The van der Waals surface area contributed by atoms with Crippen molar-refractivity contribution in [2.75, 3.05) is 0 Å². The van der Waals surface area contributed by atoms with Crippen molar-refractivity contribution in [2.24, 2.45) is 0 Å². The van der Waals surface area contributed by atoms with Crippen LogP contribution in [0.1, 0.15) is 22.2 Å². The normalized spacial score (nSPS) is 16.4. The van der Waals surface area contributed by atoms with Gasteiger partial charge in [-0.25, -0.2) is 4.79 Å². The first-order valence-corrected chi connectivity index (χ1v) is 30.4. The molecule has 0 saturated heterocycles. The molecule has 322 valence electrons. The lowest BCUT2D eigenvalue weighted by molar-refractivity contribution is -0.0207. The molecule has 10 rings (SSSR count). The summed E-state index contributed by atoms with van der Waals surface area (Å²) < 4.78 is 32.2. The highest BCUT2D eigenvalue weighted by Gasteiger charge is 2.46. The number of aliphatic hydroxyl groups is 1. The third-order valence-corrected chi connectivity index (χ3v) is 22.8. The molecule has 5 nitrogen and oxygen atoms in total. The van der Waals surface area contributed by atoms with Gasteiger partial charge in [-0.05, 0) is 262 Å². The van der Waals surface area contributed by atoms with Crippen molar-refractivity contribution in [3.8, 4) is 22.6 Å². The van der Waals surface area contributed by atoms with E-state index in [1.54, 1.807) is 11.8 Å². The van der Waals surface area contributed by atoms with E-state index in [0.29, 0.717) is 22.6 Å². The zero-order valence-electron chi connectivity index (χ0n) is 33.1. The zero-order valence-corrected chi connectivity index (χ0v) is 49.3. The average molecular weight is 1600 g/mol. The molecule has 2 aliphatic rings. The van der Waals surface area contributed by atoms with E-state index in [-0.39, 0.29) is 5.97 Å². The lowest BCUT2D eigenvalue weighted by Gasteiger charge is -2.22. The van der Waals surface area contributed by atoms with E-state index >= 15 is 0 Å². The van der Waals surface area contributed by atoms with Crippen LogP contribution in [0.5, 0.6) is 11.5 Å². The smallest absolute Gasteiger partial charge is 0.343 e. The van der Waals surface area contributed by atoms with Crippen molar-refractivity contribution >= 4 is 186 Å². The Morgan fingerprint density at radius 3 is 1.66 bits per heavy atom. The highest BCUT2D eigenvalue weighted by molar-refractivity contribution is 14.1. The molecule has 0 aromatic heterocycles. The number of carbonyl (C=O) groups is 1. The third kappa shape index (κ3) is 9.66. The summed E-state index contributed by atoms with van der Waals surface area (Å²) >= 11 is 13.9. The van der Waals surface area contributed by atoms with Crippen LogP contribution in [-0.2, 0) is 33.0 Å². The lowest BCUT2D eigenvalue weighted by atomic mass is 10.1. The minimum atomic E-state index is -1.36. The molecular weight excluding hydrogens is 1570 g/mol. The minimum Gasteiger partial charge on any atom is -0.606 e. The van der Waals surface area contributed by atoms with Gasteiger partial charge in [-0.15, -0.1) is 0 Å². The van der Waals surface area contributed by atoms with Crippen molar-refractivity contribution in [3.63, 3.8) is 0 Å². The van der Waals surface area contributed by atoms with Crippen LogP contribution in [-0.4, -0.2) is 15.6 Å². The van der Waals surface area contributed by atoms with Gasteiger partial charge in [-0.2, -0.15) is 0 Å². The van der Waals surface area contributed by atoms with E-state index in [2.05, 4.69) is 220 Å². The summed E-state index contributed by atoms with van der Waals surface area (Å²) in [4.78, 5) is 24.1. The first-order chi connectivity index (χ1) is 31.4. The predicted octanol–water partition coefficient (Wildman–Crippen LogP) is 15.4. The Kier molecular flexibility index (Phi) is 14.7. The largest absolute Gasteiger partial charge is 0.606 e. The molecule has 0 bridgehead atoms. The maximum absolute atomic E-state index is 14.3. The van der Waals surface area contributed by atoms with Gasteiger partial charge in [-0.1, -0.05) is 42.1 Å². The molecule has 1 N–H and O–H groups in total. The molecule has 8 aromatic carbocycles. The second-order valence-electron chi connectivity index (χ2n) is 14.5. The molecule has 0 saturated carbocycles. The minimum absolute atomic E-state index is 0.390. The second-order valence-corrected chi connectivity index (χ2v) is 28.1. The van der Waals surface area contributed by atoms with Gasteiger partial charge in [0.25, 0.3) is 0 Å². The van der Waals surface area contributed by atoms with Gasteiger partial charge in [-0.3, -0.25) is 0 Å². The highest BCUT2D eigenvalue weighted by atomic mass is 127. The van der Waals surface area contributed by atoms with Crippen LogP contribution in [0, 0.1) is 21.4 Å². The molecule has 4 atom stereocenters. The number of hydrogen-bond donors (Lipinski definition) is 1. The monoisotopic (exact) mass is 1600 g/mol. The Bertz CT molecular complexity index is 3140. The van der Waals surface area contributed by atoms with Gasteiger partial charge in [0.1, 0.15) is 27.5 Å². The summed E-state index contributed by atoms with van der Waals surface area (Å²) in [6.45, 7) is 0. The molecule has 0 spiro atoms. The fourth-order valence-electron chi connectivity index (χ4n) is 7.48. The zero-order chi connectivity index (χ0) is 45.1. The average Bonchev–Trinajstić information content (AvgIpc) is 3.30. The number of ether oxygens (including phenoxy) is 2. The number of esters is 1. The molecular formula is C50H28I6O5S4+2. The van der Waals surface area contributed by atoms with E-state index in [4.69, 9.17) is 9.47 Å². The molecule has 0 fully saturated rings. The Morgan fingerprint density at radius 2 is 1.02 bits per heavy atom. The molecule has 65 heavy (non-hydrogen) atoms. The molecule has 0 radical (unpaired) electrons. The van der Waals surface area contributed by atoms with Crippen LogP contribution in [0.3, 0.4) is 0 Å². The Balaban J connectivity index is 0.991.